The molecule has 5 nitrogen and oxygen atoms in total. The summed E-state index contributed by atoms with van der Waals surface area (Å²) in [5, 5.41) is 2.81. The summed E-state index contributed by atoms with van der Waals surface area (Å²) in [6.45, 7) is 0.653. The summed E-state index contributed by atoms with van der Waals surface area (Å²) in [5.74, 6) is 0.524. The van der Waals surface area contributed by atoms with Crippen LogP contribution < -0.4 is 10.1 Å². The summed E-state index contributed by atoms with van der Waals surface area (Å²) in [7, 11) is 1.76. The SMILES string of the molecule is CN(CCCc1ccccc1)C(=O)Nc1ccc(Oc2ccc(F)cc2)nc1. The van der Waals surface area contributed by atoms with Gasteiger partial charge in [0.25, 0.3) is 0 Å². The zero-order valence-corrected chi connectivity index (χ0v) is 15.6. The first-order valence-corrected chi connectivity index (χ1v) is 9.06. The van der Waals surface area contributed by atoms with Crippen molar-refractivity contribution >= 4 is 11.7 Å². The third-order valence-electron chi connectivity index (χ3n) is 4.17. The fourth-order valence-electron chi connectivity index (χ4n) is 2.62. The van der Waals surface area contributed by atoms with Gasteiger partial charge in [-0.15, -0.1) is 0 Å². The molecule has 3 aromatic rings. The minimum atomic E-state index is -0.328. The van der Waals surface area contributed by atoms with E-state index in [4.69, 9.17) is 4.74 Å². The predicted molar refractivity (Wildman–Crippen MR) is 107 cm³/mol. The second-order valence-electron chi connectivity index (χ2n) is 6.38. The van der Waals surface area contributed by atoms with Crippen LogP contribution in [-0.4, -0.2) is 29.5 Å². The van der Waals surface area contributed by atoms with E-state index in [-0.39, 0.29) is 11.8 Å². The molecule has 0 unspecified atom stereocenters. The standard InChI is InChI=1S/C22H22FN3O2/c1-26(15-5-8-17-6-3-2-4-7-17)22(27)25-19-11-14-21(24-16-19)28-20-12-9-18(23)10-13-20/h2-4,6-7,9-14,16H,5,8,15H2,1H3,(H,25,27). The maximum atomic E-state index is 12.9. The fourth-order valence-corrected chi connectivity index (χ4v) is 2.62. The van der Waals surface area contributed by atoms with Gasteiger partial charge in [0.2, 0.25) is 5.88 Å². The van der Waals surface area contributed by atoms with E-state index in [2.05, 4.69) is 22.4 Å². The van der Waals surface area contributed by atoms with E-state index in [1.54, 1.807) is 24.1 Å². The van der Waals surface area contributed by atoms with E-state index < -0.39 is 0 Å². The predicted octanol–water partition coefficient (Wildman–Crippen LogP) is 5.11. The number of aromatic nitrogens is 1. The molecule has 2 amide bonds. The molecular weight excluding hydrogens is 357 g/mol. The summed E-state index contributed by atoms with van der Waals surface area (Å²) in [5.41, 5.74) is 1.84. The Morgan fingerprint density at radius 1 is 1.07 bits per heavy atom. The number of rotatable bonds is 7. The van der Waals surface area contributed by atoms with Gasteiger partial charge in [-0.05, 0) is 48.7 Å². The normalized spacial score (nSPS) is 10.4. The Morgan fingerprint density at radius 2 is 1.82 bits per heavy atom. The van der Waals surface area contributed by atoms with Crippen molar-refractivity contribution in [2.24, 2.45) is 0 Å². The summed E-state index contributed by atoms with van der Waals surface area (Å²) in [6, 6.07) is 19.0. The van der Waals surface area contributed by atoms with Gasteiger partial charge in [0.05, 0.1) is 11.9 Å². The van der Waals surface area contributed by atoms with Gasteiger partial charge in [-0.3, -0.25) is 0 Å². The molecule has 1 aromatic heterocycles. The van der Waals surface area contributed by atoms with Gasteiger partial charge in [-0.25, -0.2) is 14.2 Å². The van der Waals surface area contributed by atoms with E-state index in [1.165, 1.54) is 36.0 Å². The molecule has 0 saturated heterocycles. The molecule has 0 aliphatic carbocycles. The van der Waals surface area contributed by atoms with Crippen LogP contribution in [0, 0.1) is 5.82 Å². The lowest BCUT2D eigenvalue weighted by molar-refractivity contribution is 0.222. The fraction of sp³-hybridized carbons (Fsp3) is 0.182. The maximum Gasteiger partial charge on any atom is 0.321 e. The van der Waals surface area contributed by atoms with Crippen LogP contribution in [0.4, 0.5) is 14.9 Å². The number of nitrogens with zero attached hydrogens (tertiary/aromatic N) is 2. The minimum absolute atomic E-state index is 0.193. The van der Waals surface area contributed by atoms with Crippen molar-refractivity contribution in [3.05, 3.63) is 84.3 Å². The van der Waals surface area contributed by atoms with Gasteiger partial charge in [0.15, 0.2) is 0 Å². The first kappa shape index (κ1) is 19.4. The smallest absolute Gasteiger partial charge is 0.321 e. The Balaban J connectivity index is 1.46. The number of ether oxygens (including phenoxy) is 1. The molecule has 0 aliphatic heterocycles. The lowest BCUT2D eigenvalue weighted by Gasteiger charge is -2.18. The van der Waals surface area contributed by atoms with E-state index in [0.717, 1.165) is 12.8 Å². The minimum Gasteiger partial charge on any atom is -0.439 e. The van der Waals surface area contributed by atoms with E-state index in [1.807, 2.05) is 18.2 Å². The van der Waals surface area contributed by atoms with E-state index >= 15 is 0 Å². The van der Waals surface area contributed by atoms with Crippen LogP contribution in [0.25, 0.3) is 0 Å². The van der Waals surface area contributed by atoms with Crippen LogP contribution in [0.5, 0.6) is 11.6 Å². The van der Waals surface area contributed by atoms with Crippen molar-refractivity contribution in [3.63, 3.8) is 0 Å². The molecule has 1 N–H and O–H groups in total. The zero-order chi connectivity index (χ0) is 19.8. The summed E-state index contributed by atoms with van der Waals surface area (Å²) < 4.78 is 18.4. The van der Waals surface area contributed by atoms with Crippen LogP contribution >= 0.6 is 0 Å². The molecule has 2 aromatic carbocycles. The van der Waals surface area contributed by atoms with Crippen LogP contribution in [0.15, 0.2) is 72.9 Å². The van der Waals surface area contributed by atoms with Crippen molar-refractivity contribution in [2.75, 3.05) is 18.9 Å². The van der Waals surface area contributed by atoms with Crippen molar-refractivity contribution in [2.45, 2.75) is 12.8 Å². The Bertz CT molecular complexity index is 884. The second kappa shape index (κ2) is 9.50. The monoisotopic (exact) mass is 379 g/mol. The average molecular weight is 379 g/mol. The van der Waals surface area contributed by atoms with Crippen molar-refractivity contribution < 1.29 is 13.9 Å². The molecule has 0 atom stereocenters. The Kier molecular flexibility index (Phi) is 6.57. The number of anilines is 1. The molecule has 0 radical (unpaired) electrons. The number of halogens is 1. The van der Waals surface area contributed by atoms with Crippen LogP contribution in [0.2, 0.25) is 0 Å². The number of amides is 2. The number of aryl methyl sites for hydroxylation is 1. The summed E-state index contributed by atoms with van der Waals surface area (Å²) in [6.07, 6.45) is 3.33. The van der Waals surface area contributed by atoms with E-state index in [0.29, 0.717) is 23.9 Å². The highest BCUT2D eigenvalue weighted by atomic mass is 19.1. The van der Waals surface area contributed by atoms with Gasteiger partial charge < -0.3 is 15.0 Å². The van der Waals surface area contributed by atoms with Crippen molar-refractivity contribution in [1.82, 2.24) is 9.88 Å². The summed E-state index contributed by atoms with van der Waals surface area (Å²) in [4.78, 5) is 18.1. The first-order chi connectivity index (χ1) is 13.6. The number of carbonyl (C=O) groups is 1. The van der Waals surface area contributed by atoms with Crippen molar-refractivity contribution in [1.29, 1.82) is 0 Å². The van der Waals surface area contributed by atoms with Gasteiger partial charge in [-0.2, -0.15) is 0 Å². The molecule has 3 rings (SSSR count). The average Bonchev–Trinajstić information content (AvgIpc) is 2.72. The number of hydrogen-bond donors (Lipinski definition) is 1. The molecule has 1 heterocycles. The van der Waals surface area contributed by atoms with Gasteiger partial charge >= 0.3 is 6.03 Å². The number of nitrogens with one attached hydrogen (secondary N) is 1. The van der Waals surface area contributed by atoms with Crippen molar-refractivity contribution in [3.8, 4) is 11.6 Å². The molecule has 0 fully saturated rings. The van der Waals surface area contributed by atoms with Gasteiger partial charge in [0, 0.05) is 19.7 Å². The highest BCUT2D eigenvalue weighted by molar-refractivity contribution is 5.88. The maximum absolute atomic E-state index is 12.9. The lowest BCUT2D eigenvalue weighted by atomic mass is 10.1. The third kappa shape index (κ3) is 5.81. The van der Waals surface area contributed by atoms with Gasteiger partial charge in [0.1, 0.15) is 11.6 Å². The molecule has 0 spiro atoms. The second-order valence-corrected chi connectivity index (χ2v) is 6.38. The molecular formula is C22H22FN3O2. The topological polar surface area (TPSA) is 54.5 Å². The highest BCUT2D eigenvalue weighted by Gasteiger charge is 2.09. The zero-order valence-electron chi connectivity index (χ0n) is 15.6. The van der Waals surface area contributed by atoms with Crippen LogP contribution in [-0.2, 0) is 6.42 Å². The number of pyridine rings is 1. The molecule has 6 heteroatoms. The number of hydrogen-bond acceptors (Lipinski definition) is 3. The largest absolute Gasteiger partial charge is 0.439 e. The number of carbonyl (C=O) groups excluding carboxylic acids is 1. The van der Waals surface area contributed by atoms with Gasteiger partial charge in [-0.1, -0.05) is 30.3 Å². The number of benzene rings is 2. The Hall–Kier alpha value is -3.41. The Labute approximate surface area is 163 Å². The van der Waals surface area contributed by atoms with Crippen LogP contribution in [0.1, 0.15) is 12.0 Å². The molecule has 0 aliphatic rings. The van der Waals surface area contributed by atoms with Crippen LogP contribution in [0.3, 0.4) is 0 Å². The van der Waals surface area contributed by atoms with E-state index in [9.17, 15) is 9.18 Å². The first-order valence-electron chi connectivity index (χ1n) is 9.06. The lowest BCUT2D eigenvalue weighted by Crippen LogP contribution is -2.32. The molecule has 144 valence electrons. The Morgan fingerprint density at radius 3 is 2.50 bits per heavy atom. The molecule has 0 bridgehead atoms. The highest BCUT2D eigenvalue weighted by Crippen LogP contribution is 2.20. The quantitative estimate of drug-likeness (QED) is 0.621. The third-order valence-corrected chi connectivity index (χ3v) is 4.17. The summed E-state index contributed by atoms with van der Waals surface area (Å²) >= 11 is 0. The number of urea groups is 1. The molecule has 28 heavy (non-hydrogen) atoms. The molecule has 0 saturated carbocycles.